The highest BCUT2D eigenvalue weighted by Gasteiger charge is 2.27. The van der Waals surface area contributed by atoms with E-state index in [-0.39, 0.29) is 49.6 Å². The van der Waals surface area contributed by atoms with Crippen molar-refractivity contribution in [1.29, 1.82) is 0 Å². The minimum atomic E-state index is -0.905. The molecule has 270 valence electrons. The zero-order valence-corrected chi connectivity index (χ0v) is 28.5. The largest absolute Gasteiger partial charge is 0.508 e. The number of urea groups is 1. The average Bonchev–Trinajstić information content (AvgIpc) is 3.65. The lowest BCUT2D eigenvalue weighted by molar-refractivity contribution is -0.129. The number of azide groups is 1. The molecule has 0 aliphatic heterocycles. The van der Waals surface area contributed by atoms with Crippen LogP contribution in [0, 0.1) is 0 Å². The second-order valence-electron chi connectivity index (χ2n) is 11.8. The fourth-order valence-electron chi connectivity index (χ4n) is 5.36. The van der Waals surface area contributed by atoms with E-state index in [4.69, 9.17) is 11.3 Å². The summed E-state index contributed by atoms with van der Waals surface area (Å²) in [6, 6.07) is 30.4. The van der Waals surface area contributed by atoms with Crippen molar-refractivity contribution in [2.45, 2.75) is 37.9 Å². The van der Waals surface area contributed by atoms with Gasteiger partial charge in [-0.25, -0.2) is 9.48 Å². The second-order valence-corrected chi connectivity index (χ2v) is 11.8. The topological polar surface area (TPSA) is 237 Å². The molecule has 1 heterocycles. The molecule has 0 saturated heterocycles. The van der Waals surface area contributed by atoms with E-state index in [1.165, 1.54) is 16.8 Å². The lowest BCUT2D eigenvalue weighted by Gasteiger charge is -2.23. The smallest absolute Gasteiger partial charge is 0.321 e. The van der Waals surface area contributed by atoms with Gasteiger partial charge in [-0.3, -0.25) is 19.9 Å². The maximum atomic E-state index is 13.9. The predicted molar refractivity (Wildman–Crippen MR) is 198 cm³/mol. The van der Waals surface area contributed by atoms with Crippen LogP contribution in [0.3, 0.4) is 0 Å². The van der Waals surface area contributed by atoms with Crippen LogP contribution in [-0.4, -0.2) is 56.5 Å². The third kappa shape index (κ3) is 11.2. The van der Waals surface area contributed by atoms with Gasteiger partial charge in [0.25, 0.3) is 0 Å². The van der Waals surface area contributed by atoms with E-state index in [9.17, 15) is 19.5 Å². The number of amides is 4. The number of carbonyl (C=O) groups excluding carboxylic acids is 3. The molecule has 53 heavy (non-hydrogen) atoms. The molecule has 1 aromatic heterocycles. The molecule has 0 aliphatic rings. The van der Waals surface area contributed by atoms with Gasteiger partial charge in [-0.1, -0.05) is 95.3 Å². The number of aromatic hydroxyl groups is 1. The van der Waals surface area contributed by atoms with Crippen LogP contribution in [-0.2, 0) is 22.7 Å². The van der Waals surface area contributed by atoms with Crippen LogP contribution in [0.4, 0.5) is 10.5 Å². The Bertz CT molecular complexity index is 2030. The van der Waals surface area contributed by atoms with Gasteiger partial charge in [-0.05, 0) is 59.3 Å². The Morgan fingerprint density at radius 1 is 0.868 bits per heavy atom. The Kier molecular flexibility index (Phi) is 13.1. The highest BCUT2D eigenvalue weighted by Crippen LogP contribution is 2.25. The van der Waals surface area contributed by atoms with Crippen LogP contribution in [0.5, 0.6) is 5.75 Å². The molecule has 0 saturated carbocycles. The molecule has 4 amide bonds. The zero-order chi connectivity index (χ0) is 37.4. The molecule has 0 unspecified atom stereocenters. The molecule has 0 radical (unpaired) electrons. The number of nitrogens with two attached hydrogens (primary N) is 1. The van der Waals surface area contributed by atoms with Gasteiger partial charge in [0.15, 0.2) is 5.96 Å². The van der Waals surface area contributed by atoms with Gasteiger partial charge in [0.1, 0.15) is 17.5 Å². The van der Waals surface area contributed by atoms with Crippen molar-refractivity contribution in [2.75, 3.05) is 6.54 Å². The molecular weight excluding hydrogens is 676 g/mol. The van der Waals surface area contributed by atoms with Crippen molar-refractivity contribution in [3.8, 4) is 11.4 Å². The predicted octanol–water partition coefficient (Wildman–Crippen LogP) is 4.44. The summed E-state index contributed by atoms with van der Waals surface area (Å²) < 4.78 is 1.48. The number of benzene rings is 4. The number of hydrogen-bond donors (Lipinski definition) is 6. The molecule has 5 rings (SSSR count). The molecule has 7 N–H and O–H groups in total. The lowest BCUT2D eigenvalue weighted by Crippen LogP contribution is -2.48. The monoisotopic (exact) mass is 714 g/mol. The lowest BCUT2D eigenvalue weighted by atomic mass is 9.90. The number of aliphatic imine (C=N–C) groups is 1. The van der Waals surface area contributed by atoms with Gasteiger partial charge >= 0.3 is 6.03 Å². The number of guanidine groups is 1. The first-order chi connectivity index (χ1) is 25.8. The molecule has 0 bridgehead atoms. The van der Waals surface area contributed by atoms with E-state index < -0.39 is 18.0 Å². The fraction of sp³-hybridized carbons (Fsp3) is 0.189. The average molecular weight is 715 g/mol. The summed E-state index contributed by atoms with van der Waals surface area (Å²) >= 11 is 0. The van der Waals surface area contributed by atoms with Crippen LogP contribution in [0.1, 0.15) is 41.1 Å². The number of nitrogens with zero attached hydrogens (tertiary/aromatic N) is 7. The number of phenolic OH excluding ortho intramolecular Hbond substituents is 1. The van der Waals surface area contributed by atoms with Gasteiger partial charge in [0.05, 0.1) is 24.3 Å². The van der Waals surface area contributed by atoms with Crippen LogP contribution >= 0.6 is 0 Å². The SMILES string of the molecule is [N-]=[N+]=Nc1cccc(-n2cc(CNC(=O)NC(N)=NCCC[C@@H](NC(=O)C(c3ccccc3)c3ccccc3)C(=O)NCc3ccc(O)cc3)nn2)c1. The number of aromatic nitrogens is 3. The number of carbonyl (C=O) groups is 3. The molecule has 5 aromatic rings. The van der Waals surface area contributed by atoms with Gasteiger partial charge in [-0.2, -0.15) is 0 Å². The van der Waals surface area contributed by atoms with Crippen LogP contribution < -0.4 is 27.0 Å². The maximum absolute atomic E-state index is 13.9. The Balaban J connectivity index is 1.17. The van der Waals surface area contributed by atoms with E-state index in [2.05, 4.69) is 46.6 Å². The molecule has 0 spiro atoms. The summed E-state index contributed by atoms with van der Waals surface area (Å²) in [7, 11) is 0. The van der Waals surface area contributed by atoms with Crippen molar-refractivity contribution in [2.24, 2.45) is 15.8 Å². The third-order valence-electron chi connectivity index (χ3n) is 7.96. The van der Waals surface area contributed by atoms with E-state index >= 15 is 0 Å². The quantitative estimate of drug-likeness (QED) is 0.0227. The molecule has 4 aromatic carbocycles. The molecule has 16 nitrogen and oxygen atoms in total. The number of rotatable bonds is 15. The highest BCUT2D eigenvalue weighted by molar-refractivity contribution is 5.95. The first-order valence-corrected chi connectivity index (χ1v) is 16.7. The van der Waals surface area contributed by atoms with E-state index in [1.807, 2.05) is 60.7 Å². The number of nitrogens with one attached hydrogen (secondary N) is 4. The zero-order valence-electron chi connectivity index (χ0n) is 28.5. The maximum Gasteiger partial charge on any atom is 0.321 e. The van der Waals surface area contributed by atoms with E-state index in [0.29, 0.717) is 23.5 Å². The summed E-state index contributed by atoms with van der Waals surface area (Å²) in [6.07, 6.45) is 2.20. The summed E-state index contributed by atoms with van der Waals surface area (Å²) in [5.74, 6) is -1.40. The summed E-state index contributed by atoms with van der Waals surface area (Å²) in [6.45, 7) is 0.397. The Morgan fingerprint density at radius 3 is 2.25 bits per heavy atom. The first-order valence-electron chi connectivity index (χ1n) is 16.7. The minimum absolute atomic E-state index is 0.0444. The summed E-state index contributed by atoms with van der Waals surface area (Å²) in [4.78, 5) is 46.8. The minimum Gasteiger partial charge on any atom is -0.508 e. The van der Waals surface area contributed by atoms with E-state index in [0.717, 1.165) is 16.7 Å². The van der Waals surface area contributed by atoms with Crippen molar-refractivity contribution < 1.29 is 19.5 Å². The molecule has 1 atom stereocenters. The number of phenols is 1. The standard InChI is InChI=1S/C37H38N12O4/c38-36(44-37(53)42-23-29-24-49(48-46-29)30-14-7-13-28(21-30)45-47-39)40-20-8-15-32(34(51)41-22-25-16-18-31(50)19-17-25)43-35(52)33(26-9-3-1-4-10-26)27-11-5-2-6-12-27/h1-7,9-14,16-19,21,24,32-33,50H,8,15,20,22-23H2,(H,41,51)(H,43,52)(H4,38,40,42,44,53)/t32-/m1/s1. The Hall–Kier alpha value is -7.19. The fourth-order valence-corrected chi connectivity index (χ4v) is 5.36. The van der Waals surface area contributed by atoms with Gasteiger partial charge in [0.2, 0.25) is 11.8 Å². The first kappa shape index (κ1) is 37.1. The molecule has 0 fully saturated rings. The van der Waals surface area contributed by atoms with Crippen molar-refractivity contribution in [1.82, 2.24) is 36.3 Å². The highest BCUT2D eigenvalue weighted by atomic mass is 16.3. The van der Waals surface area contributed by atoms with Crippen molar-refractivity contribution >= 4 is 29.5 Å². The van der Waals surface area contributed by atoms with Gasteiger partial charge < -0.3 is 26.8 Å². The molecule has 0 aliphatic carbocycles. The third-order valence-corrected chi connectivity index (χ3v) is 7.96. The van der Waals surface area contributed by atoms with Gasteiger partial charge in [0, 0.05) is 23.7 Å². The summed E-state index contributed by atoms with van der Waals surface area (Å²) in [5.41, 5.74) is 18.5. The van der Waals surface area contributed by atoms with Gasteiger partial charge in [-0.15, -0.1) is 5.10 Å². The van der Waals surface area contributed by atoms with E-state index in [1.54, 1.807) is 42.6 Å². The Morgan fingerprint density at radius 2 is 1.57 bits per heavy atom. The van der Waals surface area contributed by atoms with Crippen LogP contribution in [0.25, 0.3) is 16.1 Å². The van der Waals surface area contributed by atoms with Crippen molar-refractivity contribution in [3.05, 3.63) is 148 Å². The van der Waals surface area contributed by atoms with Crippen LogP contribution in [0.15, 0.2) is 125 Å². The van der Waals surface area contributed by atoms with Crippen molar-refractivity contribution in [3.63, 3.8) is 0 Å². The normalized spacial score (nSPS) is 11.6. The molecule has 16 heteroatoms. The molecular formula is C37H38N12O4. The Labute approximate surface area is 304 Å². The number of hydrogen-bond acceptors (Lipinski definition) is 8. The van der Waals surface area contributed by atoms with Crippen LogP contribution in [0.2, 0.25) is 0 Å². The second kappa shape index (κ2) is 18.7. The summed E-state index contributed by atoms with van der Waals surface area (Å²) in [5, 5.41) is 32.2.